The number of aromatic nitrogens is 4. The van der Waals surface area contributed by atoms with Crippen molar-refractivity contribution in [2.45, 2.75) is 36.4 Å². The van der Waals surface area contributed by atoms with E-state index in [4.69, 9.17) is 9.47 Å². The topological polar surface area (TPSA) is 210 Å². The first-order valence-electron chi connectivity index (χ1n) is 12.4. The maximum Gasteiger partial charge on any atom is 0.324 e. The number of carbonyl (C=O) groups is 2. The Bertz CT molecular complexity index is 1490. The Morgan fingerprint density at radius 1 is 1.05 bits per heavy atom. The smallest absolute Gasteiger partial charge is 0.324 e. The molecule has 2 aromatic heterocycles. The number of aliphatic hydroxyl groups excluding tert-OH is 2. The van der Waals surface area contributed by atoms with Gasteiger partial charge in [-0.15, -0.1) is 0 Å². The highest BCUT2D eigenvalue weighted by Gasteiger charge is 2.47. The van der Waals surface area contributed by atoms with E-state index >= 15 is 0 Å². The van der Waals surface area contributed by atoms with Crippen molar-refractivity contribution in [3.63, 3.8) is 0 Å². The minimum atomic E-state index is -3.67. The molecule has 17 heteroatoms. The van der Waals surface area contributed by atoms with Crippen molar-refractivity contribution in [1.29, 1.82) is 0 Å². The molecule has 214 valence electrons. The molecule has 0 aliphatic carbocycles. The number of amides is 3. The number of benzene rings is 1. The fraction of sp³-hybridized carbons (Fsp3) is 0.435. The van der Waals surface area contributed by atoms with Crippen LogP contribution in [0.1, 0.15) is 13.2 Å². The second kappa shape index (κ2) is 11.4. The molecule has 2 aliphatic rings. The number of ether oxygens (including phenoxy) is 2. The maximum atomic E-state index is 12.8. The average molecular weight is 577 g/mol. The summed E-state index contributed by atoms with van der Waals surface area (Å²) in [5, 5.41) is 28.6. The van der Waals surface area contributed by atoms with Crippen LogP contribution in [-0.4, -0.2) is 106 Å². The predicted octanol–water partition coefficient (Wildman–Crippen LogP) is -0.753. The van der Waals surface area contributed by atoms with Crippen molar-refractivity contribution < 1.29 is 37.7 Å². The third kappa shape index (κ3) is 5.34. The van der Waals surface area contributed by atoms with Crippen molar-refractivity contribution in [1.82, 2.24) is 29.1 Å². The summed E-state index contributed by atoms with van der Waals surface area (Å²) in [6.07, 6.45) is -2.93. The number of likely N-dealkylation sites (N-methyl/N-ethyl adjacent to an activating group) is 1. The van der Waals surface area contributed by atoms with Crippen LogP contribution in [-0.2, 0) is 24.3 Å². The summed E-state index contributed by atoms with van der Waals surface area (Å²) in [6.45, 7) is 3.25. The van der Waals surface area contributed by atoms with Crippen molar-refractivity contribution in [3.8, 4) is 0 Å². The molecule has 2 aliphatic heterocycles. The number of anilines is 2. The van der Waals surface area contributed by atoms with E-state index in [1.165, 1.54) is 45.8 Å². The van der Waals surface area contributed by atoms with Gasteiger partial charge in [0.1, 0.15) is 18.5 Å². The molecule has 5 N–H and O–H groups in total. The van der Waals surface area contributed by atoms with Gasteiger partial charge in [-0.3, -0.25) is 14.7 Å². The molecule has 0 bridgehead atoms. The minimum absolute atomic E-state index is 0.0427. The summed E-state index contributed by atoms with van der Waals surface area (Å²) in [5.41, 5.74) is 0.675. The molecular weight excluding hydrogens is 548 g/mol. The second-order valence-electron chi connectivity index (χ2n) is 8.99. The van der Waals surface area contributed by atoms with Gasteiger partial charge in [0.05, 0.1) is 24.4 Å². The molecule has 40 heavy (non-hydrogen) atoms. The van der Waals surface area contributed by atoms with E-state index in [-0.39, 0.29) is 35.0 Å². The van der Waals surface area contributed by atoms with Gasteiger partial charge >= 0.3 is 6.03 Å². The van der Waals surface area contributed by atoms with Crippen LogP contribution in [0.25, 0.3) is 11.2 Å². The number of hydrogen-bond acceptors (Lipinski definition) is 11. The van der Waals surface area contributed by atoms with E-state index in [9.17, 15) is 28.2 Å². The molecule has 0 saturated carbocycles. The number of carbonyl (C=O) groups excluding carboxylic acids is 2. The van der Waals surface area contributed by atoms with Gasteiger partial charge in [0, 0.05) is 25.3 Å². The normalized spacial score (nSPS) is 23.7. The van der Waals surface area contributed by atoms with E-state index in [1.54, 1.807) is 6.92 Å². The van der Waals surface area contributed by atoms with Crippen LogP contribution < -0.4 is 16.0 Å². The SMILES string of the molecule is CCNC(=O)[C@H]1OC(n2cnc3c(NC(=O)Nc4ccc(S(=O)(=O)N5CCOCC5)cc4)ncnc32)[C@H](O)[C@@H]1O. The zero-order valence-electron chi connectivity index (χ0n) is 21.3. The van der Waals surface area contributed by atoms with E-state index in [0.29, 0.717) is 25.4 Å². The summed E-state index contributed by atoms with van der Waals surface area (Å²) in [7, 11) is -3.67. The Labute approximate surface area is 228 Å². The van der Waals surface area contributed by atoms with Crippen LogP contribution in [0.5, 0.6) is 0 Å². The van der Waals surface area contributed by atoms with Gasteiger partial charge in [0.15, 0.2) is 29.3 Å². The lowest BCUT2D eigenvalue weighted by Gasteiger charge is -2.26. The Morgan fingerprint density at radius 2 is 1.77 bits per heavy atom. The molecule has 5 rings (SSSR count). The van der Waals surface area contributed by atoms with Crippen molar-refractivity contribution in [2.75, 3.05) is 43.5 Å². The summed E-state index contributed by atoms with van der Waals surface area (Å²) in [6, 6.07) is 5.06. The van der Waals surface area contributed by atoms with Crippen molar-refractivity contribution >= 4 is 44.6 Å². The molecule has 4 heterocycles. The van der Waals surface area contributed by atoms with Crippen LogP contribution in [0.2, 0.25) is 0 Å². The highest BCUT2D eigenvalue weighted by molar-refractivity contribution is 7.89. The Balaban J connectivity index is 1.28. The second-order valence-corrected chi connectivity index (χ2v) is 10.9. The minimum Gasteiger partial charge on any atom is -0.387 e. The zero-order valence-corrected chi connectivity index (χ0v) is 22.1. The highest BCUT2D eigenvalue weighted by atomic mass is 32.2. The van der Waals surface area contributed by atoms with Crippen LogP contribution in [0.15, 0.2) is 41.8 Å². The Kier molecular flexibility index (Phi) is 7.92. The number of morpholine rings is 1. The monoisotopic (exact) mass is 576 g/mol. The van der Waals surface area contributed by atoms with Gasteiger partial charge in [-0.25, -0.2) is 28.2 Å². The third-order valence-corrected chi connectivity index (χ3v) is 8.35. The lowest BCUT2D eigenvalue weighted by atomic mass is 10.1. The molecule has 3 amide bonds. The van der Waals surface area contributed by atoms with Crippen LogP contribution >= 0.6 is 0 Å². The van der Waals surface area contributed by atoms with Crippen LogP contribution in [0.3, 0.4) is 0 Å². The van der Waals surface area contributed by atoms with Crippen LogP contribution in [0, 0.1) is 0 Å². The van der Waals surface area contributed by atoms with Gasteiger partial charge in [0.2, 0.25) is 10.0 Å². The first kappa shape index (κ1) is 27.8. The molecule has 4 atom stereocenters. The summed E-state index contributed by atoms with van der Waals surface area (Å²) < 4.78 is 39.1. The molecule has 16 nitrogen and oxygen atoms in total. The Morgan fingerprint density at radius 3 is 2.48 bits per heavy atom. The number of nitrogens with one attached hydrogen (secondary N) is 3. The molecule has 1 unspecified atom stereocenters. The lowest BCUT2D eigenvalue weighted by molar-refractivity contribution is -0.137. The zero-order chi connectivity index (χ0) is 28.4. The first-order valence-corrected chi connectivity index (χ1v) is 13.9. The van der Waals surface area contributed by atoms with E-state index in [2.05, 4.69) is 30.9 Å². The molecule has 1 aromatic carbocycles. The highest BCUT2D eigenvalue weighted by Crippen LogP contribution is 2.32. The molecule has 0 spiro atoms. The molecule has 2 fully saturated rings. The maximum absolute atomic E-state index is 12.8. The fourth-order valence-electron chi connectivity index (χ4n) is 4.43. The number of rotatable bonds is 7. The molecular formula is C23H28N8O8S. The quantitative estimate of drug-likeness (QED) is 0.236. The Hall–Kier alpha value is -3.74. The number of sulfonamides is 1. The van der Waals surface area contributed by atoms with Crippen LogP contribution in [0.4, 0.5) is 16.3 Å². The largest absolute Gasteiger partial charge is 0.387 e. The number of imidazole rings is 1. The van der Waals surface area contributed by atoms with Gasteiger partial charge in [-0.05, 0) is 31.2 Å². The van der Waals surface area contributed by atoms with E-state index in [0.717, 1.165) is 0 Å². The summed E-state index contributed by atoms with van der Waals surface area (Å²) >= 11 is 0. The van der Waals surface area contributed by atoms with Gasteiger partial charge in [-0.2, -0.15) is 4.31 Å². The number of hydrogen-bond donors (Lipinski definition) is 5. The molecule has 0 radical (unpaired) electrons. The van der Waals surface area contributed by atoms with Gasteiger partial charge in [-0.1, -0.05) is 0 Å². The van der Waals surface area contributed by atoms with Gasteiger partial charge < -0.3 is 30.3 Å². The number of fused-ring (bicyclic) bond motifs is 1. The predicted molar refractivity (Wildman–Crippen MR) is 139 cm³/mol. The first-order chi connectivity index (χ1) is 19.2. The number of nitrogens with zero attached hydrogens (tertiary/aromatic N) is 5. The average Bonchev–Trinajstić information content (AvgIpc) is 3.51. The lowest BCUT2D eigenvalue weighted by Crippen LogP contribution is -2.42. The third-order valence-electron chi connectivity index (χ3n) is 6.43. The van der Waals surface area contributed by atoms with Crippen molar-refractivity contribution in [2.24, 2.45) is 0 Å². The van der Waals surface area contributed by atoms with Gasteiger partial charge in [0.25, 0.3) is 5.91 Å². The van der Waals surface area contributed by atoms with Crippen molar-refractivity contribution in [3.05, 3.63) is 36.9 Å². The number of urea groups is 1. The van der Waals surface area contributed by atoms with E-state index < -0.39 is 46.5 Å². The molecule has 3 aromatic rings. The fourth-order valence-corrected chi connectivity index (χ4v) is 5.83. The summed E-state index contributed by atoms with van der Waals surface area (Å²) in [4.78, 5) is 37.4. The summed E-state index contributed by atoms with van der Waals surface area (Å²) in [5.74, 6) is -0.526. The van der Waals surface area contributed by atoms with E-state index in [1.807, 2.05) is 0 Å². The number of aliphatic hydroxyl groups is 2. The molecule has 2 saturated heterocycles. The standard InChI is InChI=1S/C23H28N8O8S/c1-2-24-21(34)18-16(32)17(33)22(39-18)31-12-27-15-19(25-11-26-20(15)31)29-23(35)28-13-3-5-14(6-4-13)40(36,37)30-7-9-38-10-8-30/h3-6,11-12,16-18,22,32-33H,2,7-10H2,1H3,(H,24,34)(H2,25,26,28,29,35)/t16-,17+,18-,22?/m0/s1.